The number of imidazole rings is 1. The van der Waals surface area contributed by atoms with Crippen LogP contribution in [-0.2, 0) is 6.42 Å². The first-order valence-electron chi connectivity index (χ1n) is 6.44. The molecule has 1 N–H and O–H groups in total. The van der Waals surface area contributed by atoms with Gasteiger partial charge in [-0.1, -0.05) is 13.8 Å². The van der Waals surface area contributed by atoms with Gasteiger partial charge in [-0.15, -0.1) is 0 Å². The van der Waals surface area contributed by atoms with E-state index in [9.17, 15) is 4.79 Å². The number of aromatic nitrogens is 2. The lowest BCUT2D eigenvalue weighted by atomic mass is 10.1. The van der Waals surface area contributed by atoms with Crippen LogP contribution in [0.5, 0.6) is 0 Å². The van der Waals surface area contributed by atoms with Gasteiger partial charge in [0.2, 0.25) is 0 Å². The van der Waals surface area contributed by atoms with Crippen LogP contribution in [0.2, 0.25) is 0 Å². The Morgan fingerprint density at radius 3 is 2.58 bits per heavy atom. The molecule has 100 valence electrons. The number of nitrogens with zero attached hydrogens (tertiary/aromatic N) is 2. The summed E-state index contributed by atoms with van der Waals surface area (Å²) in [6.45, 7) is 4.38. The lowest BCUT2D eigenvalue weighted by Crippen LogP contribution is -2.03. The monoisotopic (exact) mass is 258 g/mol. The van der Waals surface area contributed by atoms with Crippen molar-refractivity contribution in [2.24, 2.45) is 5.92 Å². The average molecular weight is 258 g/mol. The molecule has 0 atom stereocenters. The van der Waals surface area contributed by atoms with Gasteiger partial charge in [0.05, 0.1) is 5.56 Å². The van der Waals surface area contributed by atoms with Gasteiger partial charge in [-0.25, -0.2) is 9.78 Å². The minimum Gasteiger partial charge on any atom is -0.478 e. The topological polar surface area (TPSA) is 55.1 Å². The normalized spacial score (nSPS) is 10.9. The molecular formula is C15H18N2O2. The summed E-state index contributed by atoms with van der Waals surface area (Å²) in [7, 11) is 0. The van der Waals surface area contributed by atoms with Gasteiger partial charge in [-0.2, -0.15) is 0 Å². The van der Waals surface area contributed by atoms with Crippen molar-refractivity contribution in [1.29, 1.82) is 0 Å². The molecule has 2 rings (SSSR count). The Hall–Kier alpha value is -2.10. The molecule has 0 amide bonds. The van der Waals surface area contributed by atoms with E-state index in [0.29, 0.717) is 11.5 Å². The molecule has 19 heavy (non-hydrogen) atoms. The SMILES string of the molecule is CC(C)CCc1nccn1-c1ccc(C(=O)O)cc1. The Balaban J connectivity index is 2.22. The van der Waals surface area contributed by atoms with E-state index < -0.39 is 5.97 Å². The summed E-state index contributed by atoms with van der Waals surface area (Å²) in [4.78, 5) is 15.2. The molecule has 0 saturated heterocycles. The third-order valence-electron chi connectivity index (χ3n) is 3.06. The maximum atomic E-state index is 10.8. The minimum absolute atomic E-state index is 0.299. The van der Waals surface area contributed by atoms with E-state index in [1.807, 2.05) is 22.9 Å². The van der Waals surface area contributed by atoms with Gasteiger partial charge in [0.1, 0.15) is 5.82 Å². The fourth-order valence-corrected chi connectivity index (χ4v) is 1.94. The summed E-state index contributed by atoms with van der Waals surface area (Å²) in [6.07, 6.45) is 5.70. The molecule has 0 unspecified atom stereocenters. The standard InChI is InChI=1S/C15H18N2O2/c1-11(2)3-8-14-16-9-10-17(14)13-6-4-12(5-7-13)15(18)19/h4-7,9-11H,3,8H2,1-2H3,(H,18,19). The quantitative estimate of drug-likeness (QED) is 0.896. The fourth-order valence-electron chi connectivity index (χ4n) is 1.94. The van der Waals surface area contributed by atoms with Crippen molar-refractivity contribution in [2.45, 2.75) is 26.7 Å². The third-order valence-corrected chi connectivity index (χ3v) is 3.06. The molecule has 0 bridgehead atoms. The van der Waals surface area contributed by atoms with Crippen molar-refractivity contribution in [1.82, 2.24) is 9.55 Å². The Bertz CT molecular complexity index is 556. The van der Waals surface area contributed by atoms with Crippen molar-refractivity contribution in [3.63, 3.8) is 0 Å². The molecule has 1 heterocycles. The number of hydrogen-bond acceptors (Lipinski definition) is 2. The largest absolute Gasteiger partial charge is 0.478 e. The highest BCUT2D eigenvalue weighted by molar-refractivity contribution is 5.87. The molecule has 0 spiro atoms. The van der Waals surface area contributed by atoms with E-state index >= 15 is 0 Å². The summed E-state index contributed by atoms with van der Waals surface area (Å²) in [5, 5.41) is 8.89. The molecule has 2 aromatic rings. The molecule has 1 aromatic heterocycles. The Morgan fingerprint density at radius 1 is 1.32 bits per heavy atom. The van der Waals surface area contributed by atoms with E-state index in [0.717, 1.165) is 24.4 Å². The Labute approximate surface area is 112 Å². The molecule has 0 saturated carbocycles. The molecular weight excluding hydrogens is 240 g/mol. The van der Waals surface area contributed by atoms with Crippen LogP contribution >= 0.6 is 0 Å². The van der Waals surface area contributed by atoms with E-state index in [2.05, 4.69) is 18.8 Å². The number of hydrogen-bond donors (Lipinski definition) is 1. The number of carbonyl (C=O) groups is 1. The van der Waals surface area contributed by atoms with Crippen molar-refractivity contribution in [2.75, 3.05) is 0 Å². The second-order valence-electron chi connectivity index (χ2n) is 5.00. The van der Waals surface area contributed by atoms with Crippen LogP contribution in [0, 0.1) is 5.92 Å². The number of rotatable bonds is 5. The van der Waals surface area contributed by atoms with E-state index in [4.69, 9.17) is 5.11 Å². The minimum atomic E-state index is -0.905. The number of aromatic carboxylic acids is 1. The Morgan fingerprint density at radius 2 is 2.00 bits per heavy atom. The zero-order valence-corrected chi connectivity index (χ0v) is 11.2. The highest BCUT2D eigenvalue weighted by Crippen LogP contribution is 2.15. The lowest BCUT2D eigenvalue weighted by molar-refractivity contribution is 0.0697. The van der Waals surface area contributed by atoms with Crippen LogP contribution in [0.15, 0.2) is 36.7 Å². The van der Waals surface area contributed by atoms with Crippen LogP contribution in [0.1, 0.15) is 36.5 Å². The Kier molecular flexibility index (Phi) is 4.00. The third kappa shape index (κ3) is 3.22. The smallest absolute Gasteiger partial charge is 0.335 e. The molecule has 0 aliphatic carbocycles. The average Bonchev–Trinajstić information content (AvgIpc) is 2.84. The van der Waals surface area contributed by atoms with Crippen LogP contribution in [0.4, 0.5) is 0 Å². The highest BCUT2D eigenvalue weighted by atomic mass is 16.4. The first-order valence-corrected chi connectivity index (χ1v) is 6.44. The molecule has 4 heteroatoms. The van der Waals surface area contributed by atoms with Crippen LogP contribution in [0.3, 0.4) is 0 Å². The summed E-state index contributed by atoms with van der Waals surface area (Å²) >= 11 is 0. The summed E-state index contributed by atoms with van der Waals surface area (Å²) in [5.41, 5.74) is 1.24. The number of carboxylic acid groups (broad SMARTS) is 1. The maximum Gasteiger partial charge on any atom is 0.335 e. The summed E-state index contributed by atoms with van der Waals surface area (Å²) < 4.78 is 2.01. The second-order valence-corrected chi connectivity index (χ2v) is 5.00. The van der Waals surface area contributed by atoms with Gasteiger partial charge in [-0.3, -0.25) is 0 Å². The summed E-state index contributed by atoms with van der Waals surface area (Å²) in [6, 6.07) is 6.85. The second kappa shape index (κ2) is 5.69. The number of aryl methyl sites for hydroxylation is 1. The van der Waals surface area contributed by atoms with Crippen molar-refractivity contribution in [3.05, 3.63) is 48.0 Å². The predicted octanol–water partition coefficient (Wildman–Crippen LogP) is 3.16. The van der Waals surface area contributed by atoms with Crippen molar-refractivity contribution in [3.8, 4) is 5.69 Å². The molecule has 0 radical (unpaired) electrons. The number of carboxylic acids is 1. The highest BCUT2D eigenvalue weighted by Gasteiger charge is 2.07. The molecule has 0 aliphatic rings. The predicted molar refractivity (Wildman–Crippen MR) is 73.7 cm³/mol. The van der Waals surface area contributed by atoms with Crippen LogP contribution in [0.25, 0.3) is 5.69 Å². The lowest BCUT2D eigenvalue weighted by Gasteiger charge is -2.09. The maximum absolute atomic E-state index is 10.8. The van der Waals surface area contributed by atoms with E-state index in [1.54, 1.807) is 18.3 Å². The first kappa shape index (κ1) is 13.3. The van der Waals surface area contributed by atoms with Gasteiger partial charge in [0.25, 0.3) is 0 Å². The molecule has 0 fully saturated rings. The zero-order valence-electron chi connectivity index (χ0n) is 11.2. The van der Waals surface area contributed by atoms with Gasteiger partial charge in [0, 0.05) is 24.5 Å². The molecule has 1 aromatic carbocycles. The van der Waals surface area contributed by atoms with Gasteiger partial charge < -0.3 is 9.67 Å². The first-order chi connectivity index (χ1) is 9.08. The van der Waals surface area contributed by atoms with Crippen molar-refractivity contribution >= 4 is 5.97 Å². The van der Waals surface area contributed by atoms with E-state index in [1.165, 1.54) is 0 Å². The summed E-state index contributed by atoms with van der Waals surface area (Å²) in [5.74, 6) is 0.744. The molecule has 0 aliphatic heterocycles. The van der Waals surface area contributed by atoms with Crippen molar-refractivity contribution < 1.29 is 9.90 Å². The van der Waals surface area contributed by atoms with Gasteiger partial charge in [0.15, 0.2) is 0 Å². The van der Waals surface area contributed by atoms with Gasteiger partial charge in [-0.05, 0) is 36.6 Å². The van der Waals surface area contributed by atoms with E-state index in [-0.39, 0.29) is 0 Å². The van der Waals surface area contributed by atoms with Crippen LogP contribution < -0.4 is 0 Å². The molecule has 4 nitrogen and oxygen atoms in total. The zero-order chi connectivity index (χ0) is 13.8. The fraction of sp³-hybridized carbons (Fsp3) is 0.333. The number of benzene rings is 1. The van der Waals surface area contributed by atoms with Crippen LogP contribution in [-0.4, -0.2) is 20.6 Å². The van der Waals surface area contributed by atoms with Gasteiger partial charge >= 0.3 is 5.97 Å².